The predicted octanol–water partition coefficient (Wildman–Crippen LogP) is 2.10. The van der Waals surface area contributed by atoms with Gasteiger partial charge >= 0.3 is 0 Å². The second-order valence-electron chi connectivity index (χ2n) is 3.97. The standard InChI is InChI=1S/C12H18FNO/c1-9(8-15)7-14-10(2)11-3-5-12(13)6-4-11/h3-6,9-10,14-15H,7-8H2,1-2H3/t9?,10-/m1/s1. The Kier molecular flexibility index (Phi) is 4.72. The average molecular weight is 211 g/mol. The summed E-state index contributed by atoms with van der Waals surface area (Å²) in [5.74, 6) is 0.0302. The van der Waals surface area contributed by atoms with Crippen molar-refractivity contribution in [2.75, 3.05) is 13.2 Å². The Morgan fingerprint density at radius 3 is 2.40 bits per heavy atom. The lowest BCUT2D eigenvalue weighted by molar-refractivity contribution is 0.231. The first kappa shape index (κ1) is 12.1. The molecule has 0 aliphatic rings. The van der Waals surface area contributed by atoms with E-state index in [0.29, 0.717) is 0 Å². The van der Waals surface area contributed by atoms with Crippen LogP contribution in [0.2, 0.25) is 0 Å². The molecule has 3 heteroatoms. The first-order valence-electron chi connectivity index (χ1n) is 5.23. The van der Waals surface area contributed by atoms with Crippen molar-refractivity contribution >= 4 is 0 Å². The minimum absolute atomic E-state index is 0.180. The van der Waals surface area contributed by atoms with Gasteiger partial charge in [0.05, 0.1) is 0 Å². The van der Waals surface area contributed by atoms with Crippen molar-refractivity contribution in [3.05, 3.63) is 35.6 Å². The summed E-state index contributed by atoms with van der Waals surface area (Å²) in [7, 11) is 0. The van der Waals surface area contributed by atoms with Crippen molar-refractivity contribution in [3.8, 4) is 0 Å². The molecule has 0 aliphatic heterocycles. The molecule has 1 aromatic rings. The van der Waals surface area contributed by atoms with E-state index in [1.807, 2.05) is 13.8 Å². The van der Waals surface area contributed by atoms with E-state index >= 15 is 0 Å². The molecule has 0 aliphatic carbocycles. The first-order chi connectivity index (χ1) is 7.13. The predicted molar refractivity (Wildman–Crippen MR) is 59.1 cm³/mol. The third-order valence-corrected chi connectivity index (χ3v) is 2.45. The zero-order valence-electron chi connectivity index (χ0n) is 9.20. The number of hydrogen-bond acceptors (Lipinski definition) is 2. The highest BCUT2D eigenvalue weighted by Gasteiger charge is 2.06. The number of nitrogens with one attached hydrogen (secondary N) is 1. The summed E-state index contributed by atoms with van der Waals surface area (Å²) in [5.41, 5.74) is 1.06. The quantitative estimate of drug-likeness (QED) is 0.781. The molecule has 0 spiro atoms. The Bertz CT molecular complexity index is 286. The first-order valence-corrected chi connectivity index (χ1v) is 5.23. The molecule has 15 heavy (non-hydrogen) atoms. The molecule has 0 fully saturated rings. The second-order valence-corrected chi connectivity index (χ2v) is 3.97. The van der Waals surface area contributed by atoms with Crippen LogP contribution in [0, 0.1) is 11.7 Å². The fraction of sp³-hybridized carbons (Fsp3) is 0.500. The molecule has 84 valence electrons. The summed E-state index contributed by atoms with van der Waals surface area (Å²) >= 11 is 0. The Balaban J connectivity index is 2.46. The van der Waals surface area contributed by atoms with Gasteiger partial charge < -0.3 is 10.4 Å². The van der Waals surface area contributed by atoms with Crippen LogP contribution in [0.1, 0.15) is 25.5 Å². The maximum Gasteiger partial charge on any atom is 0.123 e. The lowest BCUT2D eigenvalue weighted by atomic mass is 10.1. The van der Waals surface area contributed by atoms with E-state index in [1.165, 1.54) is 12.1 Å². The van der Waals surface area contributed by atoms with Crippen LogP contribution in [0.5, 0.6) is 0 Å². The fourth-order valence-electron chi connectivity index (χ4n) is 1.31. The highest BCUT2D eigenvalue weighted by atomic mass is 19.1. The number of hydrogen-bond donors (Lipinski definition) is 2. The maximum atomic E-state index is 12.7. The molecule has 0 heterocycles. The van der Waals surface area contributed by atoms with Crippen LogP contribution in [-0.4, -0.2) is 18.3 Å². The van der Waals surface area contributed by atoms with Gasteiger partial charge in [0.25, 0.3) is 0 Å². The molecule has 1 rings (SSSR count). The van der Waals surface area contributed by atoms with Gasteiger partial charge in [-0.1, -0.05) is 19.1 Å². The van der Waals surface area contributed by atoms with Gasteiger partial charge in [-0.25, -0.2) is 4.39 Å². The Morgan fingerprint density at radius 2 is 1.87 bits per heavy atom. The lowest BCUT2D eigenvalue weighted by Crippen LogP contribution is -2.26. The SMILES string of the molecule is CC(CO)CN[C@H](C)c1ccc(F)cc1. The number of benzene rings is 1. The highest BCUT2D eigenvalue weighted by Crippen LogP contribution is 2.12. The number of rotatable bonds is 5. The van der Waals surface area contributed by atoms with E-state index in [0.717, 1.165) is 12.1 Å². The van der Waals surface area contributed by atoms with Crippen molar-refractivity contribution in [2.45, 2.75) is 19.9 Å². The smallest absolute Gasteiger partial charge is 0.123 e. The molecule has 0 saturated carbocycles. The van der Waals surface area contributed by atoms with Gasteiger partial charge in [-0.05, 0) is 30.5 Å². The van der Waals surface area contributed by atoms with Gasteiger partial charge in [0.15, 0.2) is 0 Å². The summed E-state index contributed by atoms with van der Waals surface area (Å²) in [6.07, 6.45) is 0. The highest BCUT2D eigenvalue weighted by molar-refractivity contribution is 5.19. The number of halogens is 1. The van der Waals surface area contributed by atoms with Gasteiger partial charge in [0, 0.05) is 19.2 Å². The summed E-state index contributed by atoms with van der Waals surface area (Å²) in [5, 5.41) is 12.2. The Hall–Kier alpha value is -0.930. The summed E-state index contributed by atoms with van der Waals surface area (Å²) in [6, 6.07) is 6.65. The van der Waals surface area contributed by atoms with E-state index < -0.39 is 0 Å². The van der Waals surface area contributed by atoms with E-state index in [2.05, 4.69) is 5.32 Å². The van der Waals surface area contributed by atoms with Crippen molar-refractivity contribution < 1.29 is 9.50 Å². The Labute approximate surface area is 90.1 Å². The zero-order chi connectivity index (χ0) is 11.3. The molecule has 0 amide bonds. The average Bonchev–Trinajstić information content (AvgIpc) is 2.26. The van der Waals surface area contributed by atoms with E-state index in [4.69, 9.17) is 5.11 Å². The van der Waals surface area contributed by atoms with Crippen LogP contribution >= 0.6 is 0 Å². The molecule has 0 radical (unpaired) electrons. The minimum atomic E-state index is -0.213. The number of aliphatic hydroxyl groups is 1. The minimum Gasteiger partial charge on any atom is -0.396 e. The van der Waals surface area contributed by atoms with Crippen LogP contribution in [0.3, 0.4) is 0 Å². The molecular formula is C12H18FNO. The topological polar surface area (TPSA) is 32.3 Å². The third kappa shape index (κ3) is 3.98. The van der Waals surface area contributed by atoms with Crippen LogP contribution < -0.4 is 5.32 Å². The molecule has 1 aromatic carbocycles. The van der Waals surface area contributed by atoms with Gasteiger partial charge in [0.2, 0.25) is 0 Å². The molecule has 1 unspecified atom stereocenters. The van der Waals surface area contributed by atoms with Gasteiger partial charge in [-0.3, -0.25) is 0 Å². The normalized spacial score (nSPS) is 14.9. The van der Waals surface area contributed by atoms with Gasteiger partial charge in [0.1, 0.15) is 5.82 Å². The van der Waals surface area contributed by atoms with Crippen molar-refractivity contribution in [3.63, 3.8) is 0 Å². The van der Waals surface area contributed by atoms with Crippen molar-refractivity contribution in [1.29, 1.82) is 0 Å². The van der Waals surface area contributed by atoms with Crippen LogP contribution in [0.25, 0.3) is 0 Å². The lowest BCUT2D eigenvalue weighted by Gasteiger charge is -2.16. The molecule has 2 atom stereocenters. The van der Waals surface area contributed by atoms with E-state index in [-0.39, 0.29) is 24.4 Å². The zero-order valence-corrected chi connectivity index (χ0v) is 9.20. The van der Waals surface area contributed by atoms with Crippen molar-refractivity contribution in [2.24, 2.45) is 5.92 Å². The molecule has 2 nitrogen and oxygen atoms in total. The monoisotopic (exact) mass is 211 g/mol. The maximum absolute atomic E-state index is 12.7. The van der Waals surface area contributed by atoms with Crippen LogP contribution in [-0.2, 0) is 0 Å². The Morgan fingerprint density at radius 1 is 1.27 bits per heavy atom. The largest absolute Gasteiger partial charge is 0.396 e. The van der Waals surface area contributed by atoms with Crippen LogP contribution in [0.4, 0.5) is 4.39 Å². The molecule has 0 bridgehead atoms. The van der Waals surface area contributed by atoms with Crippen molar-refractivity contribution in [1.82, 2.24) is 5.32 Å². The number of aliphatic hydroxyl groups excluding tert-OH is 1. The summed E-state index contributed by atoms with van der Waals surface area (Å²) in [6.45, 7) is 4.94. The molecule has 0 aromatic heterocycles. The fourth-order valence-corrected chi connectivity index (χ4v) is 1.31. The van der Waals surface area contributed by atoms with Crippen LogP contribution in [0.15, 0.2) is 24.3 Å². The molecular weight excluding hydrogens is 193 g/mol. The second kappa shape index (κ2) is 5.83. The summed E-state index contributed by atoms with van der Waals surface area (Å²) < 4.78 is 12.7. The molecule has 0 saturated heterocycles. The van der Waals surface area contributed by atoms with Gasteiger partial charge in [-0.2, -0.15) is 0 Å². The third-order valence-electron chi connectivity index (χ3n) is 2.45. The molecule has 2 N–H and O–H groups in total. The van der Waals surface area contributed by atoms with E-state index in [9.17, 15) is 4.39 Å². The van der Waals surface area contributed by atoms with Gasteiger partial charge in [-0.15, -0.1) is 0 Å². The van der Waals surface area contributed by atoms with E-state index in [1.54, 1.807) is 12.1 Å². The summed E-state index contributed by atoms with van der Waals surface area (Å²) in [4.78, 5) is 0.